The van der Waals surface area contributed by atoms with Crippen molar-refractivity contribution in [2.24, 2.45) is 0 Å². The second kappa shape index (κ2) is 11.8. The molecule has 2 aromatic carbocycles. The highest BCUT2D eigenvalue weighted by Gasteiger charge is 2.23. The third kappa shape index (κ3) is 6.68. The number of rotatable bonds is 10. The molecule has 8 heteroatoms. The molecule has 4 rings (SSSR count). The first-order chi connectivity index (χ1) is 17.4. The molecule has 0 unspecified atom stereocenters. The standard InChI is InChI=1S/C28H28F2N4O2/c1-2-18-4-3-5-19(10-18)15-32-17-27(35)26(13-20-11-22(29)14-23(30)12-20)34-28(36)25-7-6-21-16-31-9-8-24(21)33-25/h3-12,14,16,26-27,32,35H,2,13,15,17H2,1H3,(H,34,36)/t26-,27+/m1/s1. The second-order valence-corrected chi connectivity index (χ2v) is 8.70. The van der Waals surface area contributed by atoms with Gasteiger partial charge in [-0.15, -0.1) is 0 Å². The van der Waals surface area contributed by atoms with E-state index >= 15 is 0 Å². The molecule has 0 fully saturated rings. The van der Waals surface area contributed by atoms with Gasteiger partial charge in [-0.1, -0.05) is 31.2 Å². The molecule has 0 bridgehead atoms. The van der Waals surface area contributed by atoms with Gasteiger partial charge >= 0.3 is 0 Å². The van der Waals surface area contributed by atoms with E-state index in [9.17, 15) is 18.7 Å². The molecule has 36 heavy (non-hydrogen) atoms. The van der Waals surface area contributed by atoms with Crippen LogP contribution in [0.1, 0.15) is 34.1 Å². The quantitative estimate of drug-likeness (QED) is 0.313. The van der Waals surface area contributed by atoms with Crippen LogP contribution < -0.4 is 10.6 Å². The molecule has 0 saturated carbocycles. The Kier molecular flexibility index (Phi) is 8.30. The molecule has 186 valence electrons. The summed E-state index contributed by atoms with van der Waals surface area (Å²) in [6.07, 6.45) is 3.17. The molecule has 4 aromatic rings. The Morgan fingerprint density at radius 1 is 1.00 bits per heavy atom. The summed E-state index contributed by atoms with van der Waals surface area (Å²) < 4.78 is 27.6. The van der Waals surface area contributed by atoms with Crippen LogP contribution in [0.2, 0.25) is 0 Å². The van der Waals surface area contributed by atoms with Crippen LogP contribution in [0.15, 0.2) is 73.1 Å². The average molecular weight is 491 g/mol. The van der Waals surface area contributed by atoms with Crippen LogP contribution >= 0.6 is 0 Å². The van der Waals surface area contributed by atoms with E-state index in [-0.39, 0.29) is 18.7 Å². The van der Waals surface area contributed by atoms with E-state index in [0.29, 0.717) is 17.6 Å². The predicted octanol–water partition coefficient (Wildman–Crippen LogP) is 3.96. The number of carbonyl (C=O) groups is 1. The van der Waals surface area contributed by atoms with Gasteiger partial charge in [-0.05, 0) is 59.9 Å². The van der Waals surface area contributed by atoms with Gasteiger partial charge in [-0.25, -0.2) is 13.8 Å². The number of fused-ring (bicyclic) bond motifs is 1. The maximum Gasteiger partial charge on any atom is 0.270 e. The molecule has 0 aliphatic carbocycles. The number of aliphatic hydroxyl groups is 1. The maximum absolute atomic E-state index is 13.8. The van der Waals surface area contributed by atoms with Gasteiger partial charge in [0.25, 0.3) is 5.91 Å². The molecular formula is C28H28F2N4O2. The largest absolute Gasteiger partial charge is 0.390 e. The second-order valence-electron chi connectivity index (χ2n) is 8.70. The van der Waals surface area contributed by atoms with Crippen molar-refractivity contribution in [1.29, 1.82) is 0 Å². The molecule has 0 aliphatic rings. The third-order valence-electron chi connectivity index (χ3n) is 5.96. The minimum Gasteiger partial charge on any atom is -0.390 e. The van der Waals surface area contributed by atoms with Gasteiger partial charge in [0.1, 0.15) is 17.3 Å². The molecule has 1 amide bonds. The van der Waals surface area contributed by atoms with E-state index in [4.69, 9.17) is 0 Å². The Balaban J connectivity index is 1.48. The van der Waals surface area contributed by atoms with Gasteiger partial charge in [0.05, 0.1) is 17.7 Å². The molecule has 0 radical (unpaired) electrons. The van der Waals surface area contributed by atoms with Crippen LogP contribution in [0.4, 0.5) is 8.78 Å². The van der Waals surface area contributed by atoms with Crippen molar-refractivity contribution in [1.82, 2.24) is 20.6 Å². The van der Waals surface area contributed by atoms with Crippen molar-refractivity contribution in [2.45, 2.75) is 38.5 Å². The molecule has 0 aliphatic heterocycles. The van der Waals surface area contributed by atoms with Crippen LogP contribution in [-0.4, -0.2) is 39.7 Å². The summed E-state index contributed by atoms with van der Waals surface area (Å²) in [5, 5.41) is 17.8. The number of amides is 1. The zero-order valence-corrected chi connectivity index (χ0v) is 19.9. The SMILES string of the molecule is CCc1cccc(CNC[C@H](O)[C@@H](Cc2cc(F)cc(F)c2)NC(=O)c2ccc3cnccc3n2)c1. The normalized spacial score (nSPS) is 12.9. The lowest BCUT2D eigenvalue weighted by atomic mass is 10.00. The number of nitrogens with zero attached hydrogens (tertiary/aromatic N) is 2. The van der Waals surface area contributed by atoms with Crippen molar-refractivity contribution in [3.05, 3.63) is 107 Å². The highest BCUT2D eigenvalue weighted by molar-refractivity contribution is 5.95. The smallest absolute Gasteiger partial charge is 0.270 e. The average Bonchev–Trinajstić information content (AvgIpc) is 2.87. The lowest BCUT2D eigenvalue weighted by Gasteiger charge is -2.25. The number of carbonyl (C=O) groups excluding carboxylic acids is 1. The van der Waals surface area contributed by atoms with Gasteiger partial charge in [-0.2, -0.15) is 0 Å². The van der Waals surface area contributed by atoms with Crippen LogP contribution in [-0.2, 0) is 19.4 Å². The number of benzene rings is 2. The first kappa shape index (κ1) is 25.3. The van der Waals surface area contributed by atoms with Crippen LogP contribution in [0.25, 0.3) is 10.9 Å². The molecule has 2 atom stereocenters. The first-order valence-electron chi connectivity index (χ1n) is 11.8. The molecule has 6 nitrogen and oxygen atoms in total. The molecule has 2 aromatic heterocycles. The number of nitrogens with one attached hydrogen (secondary N) is 2. The summed E-state index contributed by atoms with van der Waals surface area (Å²) in [5.74, 6) is -1.93. The van der Waals surface area contributed by atoms with Gasteiger partial charge < -0.3 is 15.7 Å². The Bertz CT molecular complexity index is 1330. The number of halogens is 2. The summed E-state index contributed by atoms with van der Waals surface area (Å²) in [6, 6.07) is 15.5. The molecule has 0 spiro atoms. The Morgan fingerprint density at radius 2 is 1.78 bits per heavy atom. The van der Waals surface area contributed by atoms with E-state index in [1.165, 1.54) is 17.7 Å². The van der Waals surface area contributed by atoms with E-state index in [2.05, 4.69) is 39.7 Å². The van der Waals surface area contributed by atoms with Gasteiger partial charge in [-0.3, -0.25) is 9.78 Å². The van der Waals surface area contributed by atoms with Crippen LogP contribution in [0, 0.1) is 11.6 Å². The molecule has 2 heterocycles. The van der Waals surface area contributed by atoms with Gasteiger partial charge in [0, 0.05) is 36.9 Å². The third-order valence-corrected chi connectivity index (χ3v) is 5.96. The fourth-order valence-corrected chi connectivity index (χ4v) is 4.07. The summed E-state index contributed by atoms with van der Waals surface area (Å²) in [4.78, 5) is 21.4. The maximum atomic E-state index is 13.8. The minimum absolute atomic E-state index is 0.0338. The predicted molar refractivity (Wildman–Crippen MR) is 134 cm³/mol. The number of aromatic nitrogens is 2. The summed E-state index contributed by atoms with van der Waals surface area (Å²) in [5.41, 5.74) is 3.39. The fraction of sp³-hybridized carbons (Fsp3) is 0.250. The van der Waals surface area contributed by atoms with Crippen molar-refractivity contribution in [3.8, 4) is 0 Å². The Hall–Kier alpha value is -3.75. The van der Waals surface area contributed by atoms with E-state index in [1.54, 1.807) is 30.6 Å². The number of hydrogen-bond donors (Lipinski definition) is 3. The molecule has 3 N–H and O–H groups in total. The summed E-state index contributed by atoms with van der Waals surface area (Å²) in [6.45, 7) is 2.77. The number of pyridine rings is 2. The van der Waals surface area contributed by atoms with Crippen molar-refractivity contribution >= 4 is 16.8 Å². The lowest BCUT2D eigenvalue weighted by Crippen LogP contribution is -2.48. The number of hydrogen-bond acceptors (Lipinski definition) is 5. The Morgan fingerprint density at radius 3 is 2.56 bits per heavy atom. The van der Waals surface area contributed by atoms with Crippen molar-refractivity contribution in [3.63, 3.8) is 0 Å². The fourth-order valence-electron chi connectivity index (χ4n) is 4.07. The highest BCUT2D eigenvalue weighted by Crippen LogP contribution is 2.14. The number of aryl methyl sites for hydroxylation is 1. The zero-order chi connectivity index (χ0) is 25.5. The van der Waals surface area contributed by atoms with Gasteiger partial charge in [0.15, 0.2) is 0 Å². The highest BCUT2D eigenvalue weighted by atomic mass is 19.1. The zero-order valence-electron chi connectivity index (χ0n) is 19.9. The molecule has 0 saturated heterocycles. The van der Waals surface area contributed by atoms with E-state index < -0.39 is 29.7 Å². The Labute approximate surface area is 208 Å². The van der Waals surface area contributed by atoms with Crippen LogP contribution in [0.5, 0.6) is 0 Å². The summed E-state index contributed by atoms with van der Waals surface area (Å²) in [7, 11) is 0. The van der Waals surface area contributed by atoms with Gasteiger partial charge in [0.2, 0.25) is 0 Å². The monoisotopic (exact) mass is 490 g/mol. The minimum atomic E-state index is -1.03. The number of aliphatic hydroxyl groups excluding tert-OH is 1. The first-order valence-corrected chi connectivity index (χ1v) is 11.8. The topological polar surface area (TPSA) is 87.1 Å². The van der Waals surface area contributed by atoms with E-state index in [0.717, 1.165) is 23.4 Å². The molecular weight excluding hydrogens is 462 g/mol. The van der Waals surface area contributed by atoms with E-state index in [1.807, 2.05) is 12.1 Å². The van der Waals surface area contributed by atoms with Crippen molar-refractivity contribution < 1.29 is 18.7 Å². The van der Waals surface area contributed by atoms with Crippen LogP contribution in [0.3, 0.4) is 0 Å². The lowest BCUT2D eigenvalue weighted by molar-refractivity contribution is 0.0825. The summed E-state index contributed by atoms with van der Waals surface area (Å²) >= 11 is 0. The van der Waals surface area contributed by atoms with Crippen molar-refractivity contribution in [2.75, 3.05) is 6.54 Å².